The van der Waals surface area contributed by atoms with Crippen LogP contribution in [-0.2, 0) is 55.2 Å². The Labute approximate surface area is 724 Å². The molecule has 3 fully saturated rings. The van der Waals surface area contributed by atoms with Gasteiger partial charge >= 0.3 is 10.1 Å². The Morgan fingerprint density at radius 1 is 0.521 bits per heavy atom. The maximum atomic E-state index is 13.5. The highest BCUT2D eigenvalue weighted by atomic mass is 127. The zero-order valence-corrected chi connectivity index (χ0v) is 80.9. The second-order valence-corrected chi connectivity index (χ2v) is 59.5. The van der Waals surface area contributed by atoms with Crippen molar-refractivity contribution in [2.45, 2.75) is 269 Å². The molecular weight excluding hydrogens is 1850 g/mol. The number of ether oxygens (including phenoxy) is 5. The number of aliphatic hydroxyl groups excluding tert-OH is 2. The van der Waals surface area contributed by atoms with Crippen LogP contribution in [0.15, 0.2) is 72.4 Å². The number of imidazole rings is 3. The molecule has 3 unspecified atom stereocenters. The summed E-state index contributed by atoms with van der Waals surface area (Å²) in [6, 6.07) is 13.4. The summed E-state index contributed by atoms with van der Waals surface area (Å²) in [6.45, 7) is 50.2. The molecule has 0 amide bonds. The summed E-state index contributed by atoms with van der Waals surface area (Å²) in [7, 11) is -12.6. The highest BCUT2D eigenvalue weighted by Crippen LogP contribution is 2.47. The van der Waals surface area contributed by atoms with Gasteiger partial charge in [-0.1, -0.05) is 101 Å². The van der Waals surface area contributed by atoms with Gasteiger partial charge in [-0.3, -0.25) is 33.9 Å². The number of aromatic nitrogens is 12. The van der Waals surface area contributed by atoms with Crippen LogP contribution in [0.3, 0.4) is 0 Å². The van der Waals surface area contributed by atoms with E-state index in [2.05, 4.69) is 180 Å². The summed E-state index contributed by atoms with van der Waals surface area (Å²) in [5.74, 6) is -0.243. The highest BCUT2D eigenvalue weighted by Gasteiger charge is 2.50. The molecule has 3 aliphatic rings. The first kappa shape index (κ1) is 94.1. The van der Waals surface area contributed by atoms with Crippen molar-refractivity contribution in [3.05, 3.63) is 123 Å². The number of rotatable bonds is 25. The predicted octanol–water partition coefficient (Wildman–Crippen LogP) is 15.1. The number of nitro benzene ring substituents is 2. The average molecular weight is 1960 g/mol. The number of nitrogens with two attached hydrogens (primary N) is 3. The fourth-order valence-corrected chi connectivity index (χ4v) is 19.7. The Morgan fingerprint density at radius 3 is 1.19 bits per heavy atom. The van der Waals surface area contributed by atoms with Gasteiger partial charge in [0.05, 0.1) is 78.1 Å². The number of hydrogen-bond acceptors (Lipinski definition) is 30. The predicted molar refractivity (Wildman–Crippen MR) is 477 cm³/mol. The van der Waals surface area contributed by atoms with Crippen molar-refractivity contribution in [3.8, 4) is 17.6 Å². The maximum absolute atomic E-state index is 13.5. The summed E-state index contributed by atoms with van der Waals surface area (Å²) in [6.07, 6.45) is 1.95. The van der Waals surface area contributed by atoms with E-state index in [-0.39, 0.29) is 128 Å². The standard InChI is InChI=1S/C31H51N5O6SSi2.C29H45IN6O6Si2.C17H17IN6O6/c1-19-14-20(2)26(21(3)15-19)43(37,38)41-28-25-27(34-29(32)35-28)36(18-33-25)24-16-22(42-45(12,13)31(7,8)9)23(40-24)17-39-44(10,11)30(4,5)6;1-28(2,3)43(7,8)40-16-22-21(42-44(9,10)29(4,5)6)14-23(41-22)35-17-32-24-25(35)33-27(31)34-26(24)39-15-18-11-12-19(30)13-20(18)36(37)38;18-9-2-1-8(10(3-9)24(27)28)6-29-16-14-15(21-17(19)22-16)23(7-20-14)13-4-11(26)12(5-25)30-13/h14-15,18,22-24H,16-17H2,1-13H3,(H2,32,34,35);11-13,17,21-23H,14-16H2,1-10H3,(H2,31,33,34);1-3,7,11-13,25-26H,4-6H2,(H2,19,21,22)/t22?,23-,24-;21?,22-,23-;11?,12-,13-/m111/s1. The lowest BCUT2D eigenvalue weighted by molar-refractivity contribution is -0.386. The molecule has 0 aliphatic carbocycles. The van der Waals surface area contributed by atoms with E-state index in [4.69, 9.17) is 62.8 Å². The summed E-state index contributed by atoms with van der Waals surface area (Å²) in [5, 5.41) is 42.3. The van der Waals surface area contributed by atoms with Crippen LogP contribution in [0, 0.1) is 48.1 Å². The summed E-state index contributed by atoms with van der Waals surface area (Å²) in [5.41, 5.74) is 22.8. The van der Waals surface area contributed by atoms with Gasteiger partial charge in [0.25, 0.3) is 17.3 Å². The molecule has 12 rings (SSSR count). The van der Waals surface area contributed by atoms with Crippen molar-refractivity contribution in [2.24, 2.45) is 0 Å². The Morgan fingerprint density at radius 2 is 0.857 bits per heavy atom. The van der Waals surface area contributed by atoms with Crippen molar-refractivity contribution in [2.75, 3.05) is 37.0 Å². The van der Waals surface area contributed by atoms with Crippen molar-refractivity contribution in [1.82, 2.24) is 58.6 Å². The molecule has 0 spiro atoms. The molecular formula is C77H113I2N17O18SSi4. The molecule has 9 heterocycles. The van der Waals surface area contributed by atoms with E-state index in [1.165, 1.54) is 18.5 Å². The third-order valence-corrected chi connectivity index (χ3v) is 44.4. The van der Waals surface area contributed by atoms with Crippen LogP contribution in [0.2, 0.25) is 72.5 Å². The van der Waals surface area contributed by atoms with Gasteiger partial charge in [-0.2, -0.15) is 38.3 Å². The molecule has 0 saturated carbocycles. The van der Waals surface area contributed by atoms with Gasteiger partial charge in [0.2, 0.25) is 29.6 Å². The Kier molecular flexibility index (Phi) is 28.4. The van der Waals surface area contributed by atoms with Gasteiger partial charge in [-0.25, -0.2) is 15.0 Å². The van der Waals surface area contributed by atoms with E-state index in [9.17, 15) is 38.9 Å². The molecule has 35 nitrogen and oxygen atoms in total. The van der Waals surface area contributed by atoms with Gasteiger partial charge in [0, 0.05) is 38.5 Å². The molecule has 0 bridgehead atoms. The van der Waals surface area contributed by atoms with E-state index >= 15 is 0 Å². The van der Waals surface area contributed by atoms with E-state index in [1.54, 1.807) is 72.0 Å². The lowest BCUT2D eigenvalue weighted by atomic mass is 10.1. The highest BCUT2D eigenvalue weighted by molar-refractivity contribution is 14.1. The first-order valence-electron chi connectivity index (χ1n) is 39.0. The van der Waals surface area contributed by atoms with Gasteiger partial charge in [0.1, 0.15) is 55.1 Å². The third-order valence-electron chi connectivity index (χ3n) is 23.5. The van der Waals surface area contributed by atoms with Gasteiger partial charge in [-0.15, -0.1) is 0 Å². The molecule has 3 aromatic carbocycles. The Hall–Kier alpha value is -7.17. The molecule has 9 atom stereocenters. The quantitative estimate of drug-likeness (QED) is 0.0117. The van der Waals surface area contributed by atoms with E-state index < -0.39 is 84.1 Å². The smallest absolute Gasteiger partial charge is 0.341 e. The molecule has 3 saturated heterocycles. The van der Waals surface area contributed by atoms with Crippen LogP contribution in [0.1, 0.15) is 149 Å². The van der Waals surface area contributed by atoms with Crippen LogP contribution in [-0.4, -0.2) is 177 Å². The van der Waals surface area contributed by atoms with Crippen LogP contribution in [0.5, 0.6) is 17.6 Å². The van der Waals surface area contributed by atoms with Gasteiger partial charge in [0.15, 0.2) is 66.8 Å². The van der Waals surface area contributed by atoms with Crippen LogP contribution in [0.25, 0.3) is 33.5 Å². The van der Waals surface area contributed by atoms with Crippen LogP contribution in [0.4, 0.5) is 29.2 Å². The lowest BCUT2D eigenvalue weighted by Gasteiger charge is -2.40. The molecule has 3 aliphatic heterocycles. The molecule has 42 heteroatoms. The first-order chi connectivity index (χ1) is 55.0. The van der Waals surface area contributed by atoms with E-state index in [0.717, 1.165) is 12.7 Å². The number of hydrogen-bond donors (Lipinski definition) is 5. The third kappa shape index (κ3) is 21.5. The molecule has 6 aromatic heterocycles. The Balaban J connectivity index is 0.000000192. The number of benzene rings is 3. The Bertz CT molecular complexity index is 5300. The average Bonchev–Trinajstić information content (AvgIpc) is 1.58. The number of anilines is 3. The number of fused-ring (bicyclic) bond motifs is 3. The zero-order valence-electron chi connectivity index (χ0n) is 71.8. The molecule has 650 valence electrons. The monoisotopic (exact) mass is 1960 g/mol. The number of nitrogens with zero attached hydrogens (tertiary/aromatic N) is 14. The maximum Gasteiger partial charge on any atom is 0.341 e. The molecule has 119 heavy (non-hydrogen) atoms. The fourth-order valence-electron chi connectivity index (χ4n) is 12.7. The van der Waals surface area contributed by atoms with Crippen molar-refractivity contribution < 1.29 is 74.0 Å². The minimum atomic E-state index is -4.25. The summed E-state index contributed by atoms with van der Waals surface area (Å²) in [4.78, 5) is 60.9. The zero-order chi connectivity index (χ0) is 88.2. The van der Waals surface area contributed by atoms with Crippen molar-refractivity contribution >= 4 is 151 Å². The van der Waals surface area contributed by atoms with E-state index in [0.29, 0.717) is 76.3 Å². The minimum absolute atomic E-state index is 0.00348. The summed E-state index contributed by atoms with van der Waals surface area (Å²) < 4.78 is 96.9. The number of aryl methyl sites for hydroxylation is 3. The first-order valence-corrected chi connectivity index (χ1v) is 54.2. The van der Waals surface area contributed by atoms with Gasteiger partial charge < -0.3 is 73.0 Å². The second-order valence-electron chi connectivity index (χ2n) is 36.4. The van der Waals surface area contributed by atoms with Crippen LogP contribution < -0.4 is 30.9 Å². The normalized spacial score (nSPS) is 20.4. The number of halogens is 2. The minimum Gasteiger partial charge on any atom is -0.471 e. The largest absolute Gasteiger partial charge is 0.471 e. The number of aliphatic hydroxyl groups is 2. The number of nitro groups is 2. The molecule has 8 N–H and O–H groups in total. The van der Waals surface area contributed by atoms with Gasteiger partial charge in [-0.05, 0) is 174 Å². The van der Waals surface area contributed by atoms with E-state index in [1.807, 2.05) is 56.7 Å². The number of nitrogen functional groups attached to an aromatic ring is 3. The van der Waals surface area contributed by atoms with Crippen LogP contribution >= 0.6 is 45.2 Å². The fraction of sp³-hybridized carbons (Fsp3) is 0.571. The SMILES string of the molecule is CC(C)(C)[Si](C)(C)OC[C@H]1O[C@@H](n2cnc3c(OCc4ccc(I)cc4[N+](=O)[O-])nc(N)nc32)CC1O[Si](C)(C)C(C)(C)C.Cc1cc(C)c(S(=O)(=O)Oc2nc(N)nc3c2ncn3[C@H]2CC(O[Si](C)(C)C(C)(C)C)[C@@H](CO[Si](C)(C)C(C)(C)C)O2)c(C)c1.Nc1nc(OCc2ccc(I)cc2[N+](=O)[O-])c2ncn([C@H]3CC(O)[C@@H](CO)O3)c2n1. The molecule has 9 aromatic rings. The topological polar surface area (TPSA) is 462 Å². The lowest BCUT2D eigenvalue weighted by Crippen LogP contribution is -2.48. The second kappa shape index (κ2) is 36.0. The van der Waals surface area contributed by atoms with Crippen molar-refractivity contribution in [3.63, 3.8) is 0 Å². The summed E-state index contributed by atoms with van der Waals surface area (Å²) >= 11 is 4.04. The van der Waals surface area contributed by atoms with Crippen molar-refractivity contribution in [1.29, 1.82) is 0 Å². The molecule has 0 radical (unpaired) electrons.